The molecule has 0 aromatic carbocycles. The molecule has 2 fully saturated rings. The van der Waals surface area contributed by atoms with Gasteiger partial charge in [0, 0.05) is 19.1 Å². The van der Waals surface area contributed by atoms with Crippen LogP contribution in [0, 0.1) is 5.92 Å². The molecule has 0 bridgehead atoms. The van der Waals surface area contributed by atoms with Crippen LogP contribution in [0.3, 0.4) is 0 Å². The van der Waals surface area contributed by atoms with Crippen LogP contribution in [-0.2, 0) is 4.79 Å². The van der Waals surface area contributed by atoms with E-state index in [1.54, 1.807) is 11.8 Å². The molecule has 1 amide bonds. The number of rotatable bonds is 2. The van der Waals surface area contributed by atoms with Gasteiger partial charge in [0.25, 0.3) is 0 Å². The number of hydrogen-bond donors (Lipinski definition) is 1. The number of halogens is 1. The average Bonchev–Trinajstić information content (AvgIpc) is 2.64. The fraction of sp³-hybridized carbons (Fsp3) is 0.900. The number of amides is 1. The molecule has 5 heteroatoms. The number of piperidine rings is 1. The van der Waals surface area contributed by atoms with E-state index in [0.717, 1.165) is 25.6 Å². The van der Waals surface area contributed by atoms with Gasteiger partial charge in [-0.2, -0.15) is 11.8 Å². The molecule has 2 aliphatic heterocycles. The predicted molar refractivity (Wildman–Crippen MR) is 66.7 cm³/mol. The molecule has 0 aromatic rings. The third kappa shape index (κ3) is 3.02. The van der Waals surface area contributed by atoms with E-state index in [-0.39, 0.29) is 12.4 Å². The molecule has 88 valence electrons. The van der Waals surface area contributed by atoms with Crippen molar-refractivity contribution < 1.29 is 4.79 Å². The molecule has 2 rings (SSSR count). The maximum absolute atomic E-state index is 11.7. The molecular formula is C10H19ClN2OS. The zero-order valence-corrected chi connectivity index (χ0v) is 10.7. The van der Waals surface area contributed by atoms with Crippen molar-refractivity contribution in [3.63, 3.8) is 0 Å². The first-order valence-electron chi connectivity index (χ1n) is 5.31. The Morgan fingerprint density at radius 1 is 1.53 bits per heavy atom. The van der Waals surface area contributed by atoms with Crippen molar-refractivity contribution in [2.75, 3.05) is 31.6 Å². The molecule has 2 unspecified atom stereocenters. The number of thioether (sulfide) groups is 1. The third-order valence-corrected chi connectivity index (χ3v) is 3.83. The summed E-state index contributed by atoms with van der Waals surface area (Å²) in [6, 6.07) is 0.578. The lowest BCUT2D eigenvalue weighted by Crippen LogP contribution is -2.49. The Labute approximate surface area is 102 Å². The summed E-state index contributed by atoms with van der Waals surface area (Å²) in [6.45, 7) is 3.05. The van der Waals surface area contributed by atoms with E-state index in [9.17, 15) is 4.79 Å². The molecule has 3 nitrogen and oxygen atoms in total. The van der Waals surface area contributed by atoms with Crippen LogP contribution in [0.2, 0.25) is 0 Å². The molecule has 15 heavy (non-hydrogen) atoms. The van der Waals surface area contributed by atoms with Crippen LogP contribution in [0.4, 0.5) is 0 Å². The van der Waals surface area contributed by atoms with Gasteiger partial charge in [-0.3, -0.25) is 4.79 Å². The van der Waals surface area contributed by atoms with Crippen LogP contribution in [0.15, 0.2) is 0 Å². The maximum atomic E-state index is 11.7. The Hall–Kier alpha value is 0.0700. The number of carbonyl (C=O) groups is 1. The van der Waals surface area contributed by atoms with Gasteiger partial charge in [-0.05, 0) is 31.6 Å². The summed E-state index contributed by atoms with van der Waals surface area (Å²) in [4.78, 5) is 13.7. The van der Waals surface area contributed by atoms with E-state index in [1.165, 1.54) is 12.8 Å². The third-order valence-electron chi connectivity index (χ3n) is 3.30. The minimum atomic E-state index is 0. The van der Waals surface area contributed by atoms with E-state index in [4.69, 9.17) is 0 Å². The second-order valence-electron chi connectivity index (χ2n) is 4.17. The number of carbonyl (C=O) groups excluding carboxylic acids is 1. The van der Waals surface area contributed by atoms with Crippen molar-refractivity contribution in [2.24, 2.45) is 5.92 Å². The van der Waals surface area contributed by atoms with E-state index in [0.29, 0.717) is 17.7 Å². The van der Waals surface area contributed by atoms with Crippen LogP contribution in [0.1, 0.15) is 12.8 Å². The fourth-order valence-electron chi connectivity index (χ4n) is 2.47. The molecule has 0 saturated carbocycles. The Bertz CT molecular complexity index is 227. The lowest BCUT2D eigenvalue weighted by molar-refractivity contribution is -0.130. The maximum Gasteiger partial charge on any atom is 0.232 e. The second kappa shape index (κ2) is 5.97. The second-order valence-corrected chi connectivity index (χ2v) is 5.04. The summed E-state index contributed by atoms with van der Waals surface area (Å²) in [5, 5.41) is 3.48. The van der Waals surface area contributed by atoms with Gasteiger partial charge in [0.15, 0.2) is 0 Å². The first-order valence-corrected chi connectivity index (χ1v) is 6.70. The highest BCUT2D eigenvalue weighted by molar-refractivity contribution is 7.99. The van der Waals surface area contributed by atoms with Crippen LogP contribution in [0.25, 0.3) is 0 Å². The van der Waals surface area contributed by atoms with E-state index in [1.807, 2.05) is 11.2 Å². The summed E-state index contributed by atoms with van der Waals surface area (Å²) in [5.41, 5.74) is 0. The van der Waals surface area contributed by atoms with Crippen molar-refractivity contribution in [3.8, 4) is 0 Å². The normalized spacial score (nSPS) is 29.5. The van der Waals surface area contributed by atoms with Gasteiger partial charge >= 0.3 is 0 Å². The lowest BCUT2D eigenvalue weighted by atomic mass is 9.92. The van der Waals surface area contributed by atoms with Gasteiger partial charge in [0.2, 0.25) is 5.91 Å². The van der Waals surface area contributed by atoms with Gasteiger partial charge in [-0.25, -0.2) is 0 Å². The number of nitrogens with one attached hydrogen (secondary N) is 1. The van der Waals surface area contributed by atoms with Crippen molar-refractivity contribution in [1.29, 1.82) is 0 Å². The molecule has 2 heterocycles. The van der Waals surface area contributed by atoms with Gasteiger partial charge in [-0.15, -0.1) is 12.4 Å². The Morgan fingerprint density at radius 3 is 3.07 bits per heavy atom. The predicted octanol–water partition coefficient (Wildman–Crippen LogP) is 0.982. The summed E-state index contributed by atoms with van der Waals surface area (Å²) in [5.74, 6) is 1.77. The molecule has 2 saturated heterocycles. The summed E-state index contributed by atoms with van der Waals surface area (Å²) >= 11 is 1.62. The largest absolute Gasteiger partial charge is 0.340 e. The SMILES string of the molecule is CSCC(=O)N1CCC2CCNC2C1.Cl. The number of likely N-dealkylation sites (tertiary alicyclic amines) is 1. The van der Waals surface area contributed by atoms with Gasteiger partial charge in [-0.1, -0.05) is 0 Å². The summed E-state index contributed by atoms with van der Waals surface area (Å²) in [6.07, 6.45) is 4.48. The van der Waals surface area contributed by atoms with Crippen molar-refractivity contribution >= 4 is 30.1 Å². The van der Waals surface area contributed by atoms with Crippen molar-refractivity contribution in [1.82, 2.24) is 10.2 Å². The first kappa shape index (κ1) is 13.1. The minimum Gasteiger partial charge on any atom is -0.340 e. The number of hydrogen-bond acceptors (Lipinski definition) is 3. The van der Waals surface area contributed by atoms with Crippen LogP contribution in [0.5, 0.6) is 0 Å². The number of fused-ring (bicyclic) bond motifs is 1. The number of nitrogens with zero attached hydrogens (tertiary/aromatic N) is 1. The van der Waals surface area contributed by atoms with Crippen molar-refractivity contribution in [2.45, 2.75) is 18.9 Å². The highest BCUT2D eigenvalue weighted by atomic mass is 35.5. The van der Waals surface area contributed by atoms with Crippen LogP contribution < -0.4 is 5.32 Å². The van der Waals surface area contributed by atoms with Crippen LogP contribution >= 0.6 is 24.2 Å². The molecular weight excluding hydrogens is 232 g/mol. The molecule has 0 spiro atoms. The zero-order valence-electron chi connectivity index (χ0n) is 9.07. The fourth-order valence-corrected chi connectivity index (χ4v) is 2.90. The Balaban J connectivity index is 0.00000112. The monoisotopic (exact) mass is 250 g/mol. The Morgan fingerprint density at radius 2 is 2.33 bits per heavy atom. The molecule has 0 aromatic heterocycles. The smallest absolute Gasteiger partial charge is 0.232 e. The topological polar surface area (TPSA) is 32.3 Å². The highest BCUT2D eigenvalue weighted by Crippen LogP contribution is 2.25. The summed E-state index contributed by atoms with van der Waals surface area (Å²) in [7, 11) is 0. The summed E-state index contributed by atoms with van der Waals surface area (Å²) < 4.78 is 0. The molecule has 1 N–H and O–H groups in total. The van der Waals surface area contributed by atoms with Gasteiger partial charge in [0.1, 0.15) is 0 Å². The minimum absolute atomic E-state index is 0. The quantitative estimate of drug-likeness (QED) is 0.793. The van der Waals surface area contributed by atoms with E-state index < -0.39 is 0 Å². The van der Waals surface area contributed by atoms with Crippen LogP contribution in [-0.4, -0.2) is 48.5 Å². The molecule has 0 aliphatic carbocycles. The molecule has 2 aliphatic rings. The average molecular weight is 251 g/mol. The van der Waals surface area contributed by atoms with Crippen molar-refractivity contribution in [3.05, 3.63) is 0 Å². The highest BCUT2D eigenvalue weighted by Gasteiger charge is 2.33. The lowest BCUT2D eigenvalue weighted by Gasteiger charge is -2.34. The standard InChI is InChI=1S/C10H18N2OS.ClH/c1-14-7-10(13)12-5-3-8-2-4-11-9(8)6-12;/h8-9,11H,2-7H2,1H3;1H. The first-order chi connectivity index (χ1) is 6.81. The zero-order chi connectivity index (χ0) is 9.97. The van der Waals surface area contributed by atoms with Gasteiger partial charge in [0.05, 0.1) is 5.75 Å². The Kier molecular flexibility index (Phi) is 5.23. The van der Waals surface area contributed by atoms with Gasteiger partial charge < -0.3 is 10.2 Å². The molecule has 2 atom stereocenters. The van der Waals surface area contributed by atoms with E-state index in [2.05, 4.69) is 5.32 Å². The molecule has 0 radical (unpaired) electrons. The van der Waals surface area contributed by atoms with E-state index >= 15 is 0 Å².